The van der Waals surface area contributed by atoms with Crippen LogP contribution in [0.2, 0.25) is 0 Å². The number of benzene rings is 2. The first-order valence-electron chi connectivity index (χ1n) is 9.38. The van der Waals surface area contributed by atoms with E-state index in [2.05, 4.69) is 20.6 Å². The Morgan fingerprint density at radius 1 is 0.862 bits per heavy atom. The Kier molecular flexibility index (Phi) is 6.73. The van der Waals surface area contributed by atoms with Gasteiger partial charge < -0.3 is 24.8 Å². The lowest BCUT2D eigenvalue weighted by molar-refractivity contribution is 0.242. The van der Waals surface area contributed by atoms with Crippen LogP contribution in [-0.4, -0.2) is 30.3 Å². The van der Waals surface area contributed by atoms with Crippen molar-refractivity contribution in [2.75, 3.05) is 24.9 Å². The van der Waals surface area contributed by atoms with E-state index in [1.165, 1.54) is 6.33 Å². The number of rotatable bonds is 9. The highest BCUT2D eigenvalue weighted by atomic mass is 16.5. The highest BCUT2D eigenvalue weighted by Gasteiger charge is 2.06. The molecule has 0 aliphatic heterocycles. The van der Waals surface area contributed by atoms with Gasteiger partial charge in [-0.05, 0) is 55.8 Å². The molecule has 1 heterocycles. The van der Waals surface area contributed by atoms with Crippen molar-refractivity contribution in [3.8, 4) is 17.2 Å². The van der Waals surface area contributed by atoms with E-state index < -0.39 is 0 Å². The van der Waals surface area contributed by atoms with E-state index in [0.717, 1.165) is 22.8 Å². The van der Waals surface area contributed by atoms with Gasteiger partial charge in [-0.3, -0.25) is 0 Å². The van der Waals surface area contributed by atoms with E-state index in [9.17, 15) is 0 Å². The van der Waals surface area contributed by atoms with E-state index in [-0.39, 0.29) is 6.10 Å². The van der Waals surface area contributed by atoms with Crippen LogP contribution in [0.15, 0.2) is 54.9 Å². The molecule has 1 aromatic heterocycles. The normalized spacial score (nSPS) is 10.5. The first-order chi connectivity index (χ1) is 14.1. The molecule has 3 aromatic rings. The molecular formula is C22H26N4O3. The summed E-state index contributed by atoms with van der Waals surface area (Å²) >= 11 is 0. The second kappa shape index (κ2) is 9.64. The van der Waals surface area contributed by atoms with Gasteiger partial charge >= 0.3 is 0 Å². The lowest BCUT2D eigenvalue weighted by atomic mass is 10.2. The van der Waals surface area contributed by atoms with Gasteiger partial charge in [0.05, 0.1) is 20.3 Å². The summed E-state index contributed by atoms with van der Waals surface area (Å²) in [5.41, 5.74) is 1.97. The molecule has 29 heavy (non-hydrogen) atoms. The zero-order valence-corrected chi connectivity index (χ0v) is 17.1. The molecule has 0 saturated carbocycles. The summed E-state index contributed by atoms with van der Waals surface area (Å²) in [5.74, 6) is 3.66. The van der Waals surface area contributed by atoms with Crippen LogP contribution in [0.3, 0.4) is 0 Å². The molecule has 0 atom stereocenters. The molecule has 0 bridgehead atoms. The number of anilines is 3. The van der Waals surface area contributed by atoms with Gasteiger partial charge in [0.15, 0.2) is 11.5 Å². The largest absolute Gasteiger partial charge is 0.493 e. The molecule has 2 aromatic carbocycles. The van der Waals surface area contributed by atoms with Gasteiger partial charge in [0.2, 0.25) is 0 Å². The number of methoxy groups -OCH3 is 2. The first kappa shape index (κ1) is 20.3. The number of hydrogen-bond acceptors (Lipinski definition) is 7. The highest BCUT2D eigenvalue weighted by Crippen LogP contribution is 2.28. The maximum Gasteiger partial charge on any atom is 0.161 e. The summed E-state index contributed by atoms with van der Waals surface area (Å²) in [4.78, 5) is 8.56. The maximum absolute atomic E-state index is 5.66. The second-order valence-electron chi connectivity index (χ2n) is 6.65. The Bertz CT molecular complexity index is 930. The number of aromatic nitrogens is 2. The first-order valence-corrected chi connectivity index (χ1v) is 9.38. The number of hydrogen-bond donors (Lipinski definition) is 2. The molecular weight excluding hydrogens is 368 g/mol. The fourth-order valence-electron chi connectivity index (χ4n) is 2.74. The Morgan fingerprint density at radius 3 is 2.28 bits per heavy atom. The molecule has 0 unspecified atom stereocenters. The van der Waals surface area contributed by atoms with E-state index in [0.29, 0.717) is 23.9 Å². The standard InChI is InChI=1S/C22H26N4O3/c1-15(2)29-18-8-6-17(7-9-18)26-22-12-21(24-14-25-22)23-13-16-5-10-19(27-3)20(11-16)28-4/h5-12,14-15H,13H2,1-4H3,(H2,23,24,25,26). The van der Waals surface area contributed by atoms with Crippen molar-refractivity contribution in [3.05, 3.63) is 60.4 Å². The summed E-state index contributed by atoms with van der Waals surface area (Å²) < 4.78 is 16.3. The van der Waals surface area contributed by atoms with Crippen LogP contribution in [0.25, 0.3) is 0 Å². The van der Waals surface area contributed by atoms with Crippen molar-refractivity contribution in [1.82, 2.24) is 9.97 Å². The van der Waals surface area contributed by atoms with Crippen molar-refractivity contribution in [2.45, 2.75) is 26.5 Å². The third kappa shape index (κ3) is 5.75. The van der Waals surface area contributed by atoms with Crippen molar-refractivity contribution in [2.24, 2.45) is 0 Å². The van der Waals surface area contributed by atoms with Crippen molar-refractivity contribution in [1.29, 1.82) is 0 Å². The van der Waals surface area contributed by atoms with Gasteiger partial charge in [0.1, 0.15) is 23.7 Å². The lowest BCUT2D eigenvalue weighted by Crippen LogP contribution is -2.05. The SMILES string of the molecule is COc1ccc(CNc2cc(Nc3ccc(OC(C)C)cc3)ncn2)cc1OC. The van der Waals surface area contributed by atoms with Crippen molar-refractivity contribution in [3.63, 3.8) is 0 Å². The molecule has 0 amide bonds. The smallest absolute Gasteiger partial charge is 0.161 e. The van der Waals surface area contributed by atoms with E-state index in [4.69, 9.17) is 14.2 Å². The minimum absolute atomic E-state index is 0.148. The van der Waals surface area contributed by atoms with Gasteiger partial charge in [0, 0.05) is 18.3 Å². The average molecular weight is 394 g/mol. The molecule has 0 spiro atoms. The number of nitrogens with one attached hydrogen (secondary N) is 2. The summed E-state index contributed by atoms with van der Waals surface area (Å²) in [6, 6.07) is 15.4. The highest BCUT2D eigenvalue weighted by molar-refractivity contribution is 5.59. The number of nitrogens with zero attached hydrogens (tertiary/aromatic N) is 2. The number of ether oxygens (including phenoxy) is 3. The van der Waals surface area contributed by atoms with Crippen LogP contribution in [0.5, 0.6) is 17.2 Å². The maximum atomic E-state index is 5.66. The zero-order chi connectivity index (χ0) is 20.6. The summed E-state index contributed by atoms with van der Waals surface area (Å²) in [7, 11) is 3.25. The molecule has 2 N–H and O–H groups in total. The topological polar surface area (TPSA) is 77.5 Å². The summed E-state index contributed by atoms with van der Waals surface area (Å²) in [6.45, 7) is 4.60. The molecule has 3 rings (SSSR count). The third-order valence-corrected chi connectivity index (χ3v) is 4.09. The minimum atomic E-state index is 0.148. The minimum Gasteiger partial charge on any atom is -0.493 e. The van der Waals surface area contributed by atoms with E-state index >= 15 is 0 Å². The lowest BCUT2D eigenvalue weighted by Gasteiger charge is -2.12. The van der Waals surface area contributed by atoms with Crippen molar-refractivity contribution >= 4 is 17.3 Å². The monoisotopic (exact) mass is 394 g/mol. The van der Waals surface area contributed by atoms with Crippen LogP contribution in [0, 0.1) is 0 Å². The van der Waals surface area contributed by atoms with Crippen molar-refractivity contribution < 1.29 is 14.2 Å². The molecule has 0 radical (unpaired) electrons. The van der Waals surface area contributed by atoms with Crippen LogP contribution < -0.4 is 24.8 Å². The van der Waals surface area contributed by atoms with Crippen LogP contribution >= 0.6 is 0 Å². The van der Waals surface area contributed by atoms with Gasteiger partial charge in [-0.15, -0.1) is 0 Å². The fourth-order valence-corrected chi connectivity index (χ4v) is 2.74. The molecule has 0 fully saturated rings. The van der Waals surface area contributed by atoms with Gasteiger partial charge in [0.25, 0.3) is 0 Å². The quantitative estimate of drug-likeness (QED) is 0.547. The van der Waals surface area contributed by atoms with E-state index in [1.54, 1.807) is 14.2 Å². The Morgan fingerprint density at radius 2 is 1.59 bits per heavy atom. The average Bonchev–Trinajstić information content (AvgIpc) is 2.73. The predicted octanol–water partition coefficient (Wildman–Crippen LogP) is 4.64. The molecule has 0 saturated heterocycles. The zero-order valence-electron chi connectivity index (χ0n) is 17.1. The van der Waals surface area contributed by atoms with Gasteiger partial charge in [-0.2, -0.15) is 0 Å². The Labute approximate surface area is 171 Å². The third-order valence-electron chi connectivity index (χ3n) is 4.09. The summed E-state index contributed by atoms with van der Waals surface area (Å²) in [6.07, 6.45) is 1.67. The van der Waals surface area contributed by atoms with Gasteiger partial charge in [-0.1, -0.05) is 6.07 Å². The molecule has 152 valence electrons. The second-order valence-corrected chi connectivity index (χ2v) is 6.65. The Balaban J connectivity index is 1.62. The fraction of sp³-hybridized carbons (Fsp3) is 0.273. The molecule has 0 aliphatic rings. The van der Waals surface area contributed by atoms with Crippen LogP contribution in [0.4, 0.5) is 17.3 Å². The van der Waals surface area contributed by atoms with Crippen LogP contribution in [-0.2, 0) is 6.54 Å². The van der Waals surface area contributed by atoms with Gasteiger partial charge in [-0.25, -0.2) is 9.97 Å². The predicted molar refractivity (Wildman–Crippen MR) is 114 cm³/mol. The summed E-state index contributed by atoms with van der Waals surface area (Å²) in [5, 5.41) is 6.57. The Hall–Kier alpha value is -3.48. The molecule has 0 aliphatic carbocycles. The molecule has 7 nitrogen and oxygen atoms in total. The van der Waals surface area contributed by atoms with Crippen LogP contribution in [0.1, 0.15) is 19.4 Å². The molecule has 7 heteroatoms. The van der Waals surface area contributed by atoms with E-state index in [1.807, 2.05) is 62.4 Å².